The van der Waals surface area contributed by atoms with Crippen LogP contribution >= 0.6 is 0 Å². The van der Waals surface area contributed by atoms with Gasteiger partial charge in [-0.25, -0.2) is 0 Å². The lowest BCUT2D eigenvalue weighted by Gasteiger charge is -2.12. The Morgan fingerprint density at radius 1 is 1.33 bits per heavy atom. The summed E-state index contributed by atoms with van der Waals surface area (Å²) >= 11 is 0. The van der Waals surface area contributed by atoms with E-state index in [-0.39, 0.29) is 0 Å². The summed E-state index contributed by atoms with van der Waals surface area (Å²) in [6, 6.07) is 8.11. The zero-order chi connectivity index (χ0) is 10.7. The van der Waals surface area contributed by atoms with Crippen molar-refractivity contribution in [1.82, 2.24) is 4.90 Å². The van der Waals surface area contributed by atoms with Crippen molar-refractivity contribution in [3.63, 3.8) is 0 Å². The highest BCUT2D eigenvalue weighted by Gasteiger charge is 2.05. The number of hydrogen-bond donors (Lipinski definition) is 1. The third-order valence-corrected chi connectivity index (χ3v) is 2.64. The number of furan rings is 1. The van der Waals surface area contributed by atoms with Crippen LogP contribution in [0.5, 0.6) is 0 Å². The van der Waals surface area contributed by atoms with Gasteiger partial charge in [-0.2, -0.15) is 0 Å². The van der Waals surface area contributed by atoms with E-state index in [0.29, 0.717) is 6.67 Å². The molecule has 1 heterocycles. The Hall–Kier alpha value is -1.32. The summed E-state index contributed by atoms with van der Waals surface area (Å²) in [6.45, 7) is 1.55. The fourth-order valence-electron chi connectivity index (χ4n) is 1.63. The number of nitrogens with zero attached hydrogens (tertiary/aromatic N) is 1. The van der Waals surface area contributed by atoms with Crippen LogP contribution in [0.25, 0.3) is 11.0 Å². The van der Waals surface area contributed by atoms with E-state index in [2.05, 4.69) is 11.0 Å². The molecule has 0 fully saturated rings. The Labute approximate surface area is 89.5 Å². The molecule has 3 heteroatoms. The molecule has 2 rings (SSSR count). The summed E-state index contributed by atoms with van der Waals surface area (Å²) in [5.41, 5.74) is 7.74. The normalized spacial score (nSPS) is 11.4. The number of nitrogens with two attached hydrogens (primary N) is 1. The van der Waals surface area contributed by atoms with E-state index in [1.165, 1.54) is 10.9 Å². The van der Waals surface area contributed by atoms with Gasteiger partial charge in [0.05, 0.1) is 6.26 Å². The highest BCUT2D eigenvalue weighted by molar-refractivity contribution is 5.80. The van der Waals surface area contributed by atoms with Gasteiger partial charge in [0.25, 0.3) is 0 Å². The largest absolute Gasteiger partial charge is 0.464 e. The standard InChI is InChI=1S/C12H16N2O/c1-14(9-13)7-6-10-8-15-12-5-3-2-4-11(10)12/h2-5,8H,6-7,9,13H2,1H3. The lowest BCUT2D eigenvalue weighted by molar-refractivity contribution is 0.349. The SMILES string of the molecule is CN(CN)CCc1coc2ccccc12. The second kappa shape index (κ2) is 4.47. The first kappa shape index (κ1) is 10.2. The number of para-hydroxylation sites is 1. The maximum Gasteiger partial charge on any atom is 0.134 e. The Balaban J connectivity index is 2.14. The average Bonchev–Trinajstić information content (AvgIpc) is 2.69. The van der Waals surface area contributed by atoms with Crippen molar-refractivity contribution in [2.45, 2.75) is 6.42 Å². The lowest BCUT2D eigenvalue weighted by Crippen LogP contribution is -2.27. The van der Waals surface area contributed by atoms with Crippen LogP contribution in [0.4, 0.5) is 0 Å². The van der Waals surface area contributed by atoms with Crippen molar-refractivity contribution < 1.29 is 4.42 Å². The van der Waals surface area contributed by atoms with Crippen LogP contribution in [-0.2, 0) is 6.42 Å². The average molecular weight is 204 g/mol. The molecule has 0 unspecified atom stereocenters. The van der Waals surface area contributed by atoms with E-state index in [1.54, 1.807) is 0 Å². The highest BCUT2D eigenvalue weighted by atomic mass is 16.3. The summed E-state index contributed by atoms with van der Waals surface area (Å²) in [5, 5.41) is 1.21. The molecular weight excluding hydrogens is 188 g/mol. The first-order chi connectivity index (χ1) is 7.31. The summed E-state index contributed by atoms with van der Waals surface area (Å²) in [7, 11) is 2.02. The molecule has 0 aliphatic carbocycles. The van der Waals surface area contributed by atoms with Crippen LogP contribution < -0.4 is 5.73 Å². The number of benzene rings is 1. The lowest BCUT2D eigenvalue weighted by atomic mass is 10.1. The molecule has 1 aromatic heterocycles. The Bertz CT molecular complexity index is 436. The number of fused-ring (bicyclic) bond motifs is 1. The summed E-state index contributed by atoms with van der Waals surface area (Å²) in [4.78, 5) is 2.09. The smallest absolute Gasteiger partial charge is 0.134 e. The first-order valence-electron chi connectivity index (χ1n) is 5.15. The van der Waals surface area contributed by atoms with Crippen molar-refractivity contribution >= 4 is 11.0 Å². The van der Waals surface area contributed by atoms with Gasteiger partial charge < -0.3 is 10.2 Å². The third kappa shape index (κ3) is 2.19. The number of rotatable bonds is 4. The first-order valence-corrected chi connectivity index (χ1v) is 5.15. The van der Waals surface area contributed by atoms with E-state index in [9.17, 15) is 0 Å². The van der Waals surface area contributed by atoms with Crippen LogP contribution in [0.3, 0.4) is 0 Å². The number of likely N-dealkylation sites (N-methyl/N-ethyl adjacent to an activating group) is 1. The zero-order valence-corrected chi connectivity index (χ0v) is 8.94. The molecule has 0 atom stereocenters. The minimum atomic E-state index is 0.593. The van der Waals surface area contributed by atoms with Gasteiger partial charge in [-0.15, -0.1) is 0 Å². The minimum absolute atomic E-state index is 0.593. The summed E-state index contributed by atoms with van der Waals surface area (Å²) in [5.74, 6) is 0. The fourth-order valence-corrected chi connectivity index (χ4v) is 1.63. The van der Waals surface area contributed by atoms with Crippen LogP contribution in [-0.4, -0.2) is 25.2 Å². The fraction of sp³-hybridized carbons (Fsp3) is 0.333. The van der Waals surface area contributed by atoms with E-state index in [0.717, 1.165) is 18.5 Å². The summed E-state index contributed by atoms with van der Waals surface area (Å²) in [6.07, 6.45) is 2.82. The summed E-state index contributed by atoms with van der Waals surface area (Å²) < 4.78 is 5.47. The van der Waals surface area contributed by atoms with Crippen molar-refractivity contribution in [3.05, 3.63) is 36.1 Å². The topological polar surface area (TPSA) is 42.4 Å². The second-order valence-corrected chi connectivity index (χ2v) is 3.77. The van der Waals surface area contributed by atoms with Gasteiger partial charge in [-0.05, 0) is 25.1 Å². The third-order valence-electron chi connectivity index (χ3n) is 2.64. The Morgan fingerprint density at radius 2 is 2.13 bits per heavy atom. The highest BCUT2D eigenvalue weighted by Crippen LogP contribution is 2.20. The molecule has 0 amide bonds. The van der Waals surface area contributed by atoms with E-state index < -0.39 is 0 Å². The van der Waals surface area contributed by atoms with Crippen LogP contribution in [0.2, 0.25) is 0 Å². The maximum atomic E-state index is 5.53. The van der Waals surface area contributed by atoms with E-state index in [4.69, 9.17) is 10.2 Å². The maximum absolute atomic E-state index is 5.53. The Morgan fingerprint density at radius 3 is 2.93 bits per heavy atom. The molecule has 0 bridgehead atoms. The van der Waals surface area contributed by atoms with Crippen molar-refractivity contribution in [2.75, 3.05) is 20.3 Å². The molecule has 0 aliphatic rings. The molecule has 15 heavy (non-hydrogen) atoms. The minimum Gasteiger partial charge on any atom is -0.464 e. The number of hydrogen-bond acceptors (Lipinski definition) is 3. The van der Waals surface area contributed by atoms with Crippen LogP contribution in [0.15, 0.2) is 34.9 Å². The van der Waals surface area contributed by atoms with Gasteiger partial charge in [0.2, 0.25) is 0 Å². The predicted octanol–water partition coefficient (Wildman–Crippen LogP) is 1.82. The molecule has 0 saturated carbocycles. The molecule has 0 spiro atoms. The monoisotopic (exact) mass is 204 g/mol. The van der Waals surface area contributed by atoms with E-state index >= 15 is 0 Å². The van der Waals surface area contributed by atoms with E-state index in [1.807, 2.05) is 31.5 Å². The molecule has 0 aliphatic heterocycles. The van der Waals surface area contributed by atoms with Crippen LogP contribution in [0.1, 0.15) is 5.56 Å². The van der Waals surface area contributed by atoms with Gasteiger partial charge in [-0.1, -0.05) is 18.2 Å². The molecule has 2 N–H and O–H groups in total. The zero-order valence-electron chi connectivity index (χ0n) is 8.94. The molecular formula is C12H16N2O. The van der Waals surface area contributed by atoms with Gasteiger partial charge in [-0.3, -0.25) is 4.90 Å². The molecule has 0 radical (unpaired) electrons. The van der Waals surface area contributed by atoms with Gasteiger partial charge in [0, 0.05) is 18.6 Å². The molecule has 0 saturated heterocycles. The van der Waals surface area contributed by atoms with Gasteiger partial charge in [0.1, 0.15) is 5.58 Å². The molecule has 3 nitrogen and oxygen atoms in total. The molecule has 1 aromatic carbocycles. The molecule has 2 aromatic rings. The predicted molar refractivity (Wildman–Crippen MR) is 61.6 cm³/mol. The quantitative estimate of drug-likeness (QED) is 0.772. The van der Waals surface area contributed by atoms with Gasteiger partial charge in [0.15, 0.2) is 0 Å². The van der Waals surface area contributed by atoms with Crippen molar-refractivity contribution in [3.8, 4) is 0 Å². The molecule has 80 valence electrons. The van der Waals surface area contributed by atoms with Gasteiger partial charge >= 0.3 is 0 Å². The van der Waals surface area contributed by atoms with Crippen molar-refractivity contribution in [1.29, 1.82) is 0 Å². The Kier molecular flexibility index (Phi) is 3.04. The second-order valence-electron chi connectivity index (χ2n) is 3.77. The van der Waals surface area contributed by atoms with Crippen molar-refractivity contribution in [2.24, 2.45) is 5.73 Å². The van der Waals surface area contributed by atoms with Crippen LogP contribution in [0, 0.1) is 0 Å².